The fourth-order valence-electron chi connectivity index (χ4n) is 2.24. The van der Waals surface area contributed by atoms with Crippen molar-refractivity contribution in [2.24, 2.45) is 0 Å². The highest BCUT2D eigenvalue weighted by atomic mass is 19.4. The predicted octanol–water partition coefficient (Wildman–Crippen LogP) is 2.40. The maximum absolute atomic E-state index is 12.7. The molecule has 2 rings (SSSR count). The molecule has 1 amide bonds. The van der Waals surface area contributed by atoms with Crippen LogP contribution in [0.5, 0.6) is 0 Å². The lowest BCUT2D eigenvalue weighted by Crippen LogP contribution is -2.35. The van der Waals surface area contributed by atoms with Crippen molar-refractivity contribution in [3.8, 4) is 6.07 Å². The van der Waals surface area contributed by atoms with Crippen LogP contribution in [0.3, 0.4) is 0 Å². The van der Waals surface area contributed by atoms with Crippen LogP contribution in [-0.4, -0.2) is 22.4 Å². The Morgan fingerprint density at radius 1 is 1.28 bits per heavy atom. The molecular formula is C17H14F3N3O2. The van der Waals surface area contributed by atoms with Gasteiger partial charge in [0.15, 0.2) is 0 Å². The molecular weight excluding hydrogens is 335 g/mol. The van der Waals surface area contributed by atoms with Gasteiger partial charge in [0.05, 0.1) is 11.6 Å². The van der Waals surface area contributed by atoms with E-state index in [2.05, 4.69) is 0 Å². The Labute approximate surface area is 141 Å². The van der Waals surface area contributed by atoms with Gasteiger partial charge in [0.1, 0.15) is 12.1 Å². The van der Waals surface area contributed by atoms with Gasteiger partial charge < -0.3 is 9.47 Å². The number of halogens is 3. The summed E-state index contributed by atoms with van der Waals surface area (Å²) < 4.78 is 39.0. The first-order chi connectivity index (χ1) is 11.7. The summed E-state index contributed by atoms with van der Waals surface area (Å²) in [5.74, 6) is -0.524. The van der Waals surface area contributed by atoms with Gasteiger partial charge in [0.2, 0.25) is 5.91 Å². The zero-order chi connectivity index (χ0) is 18.6. The summed E-state index contributed by atoms with van der Waals surface area (Å²) in [6.45, 7) is -0.334. The highest BCUT2D eigenvalue weighted by molar-refractivity contribution is 5.75. The summed E-state index contributed by atoms with van der Waals surface area (Å²) in [4.78, 5) is 25.3. The van der Waals surface area contributed by atoms with Crippen molar-refractivity contribution >= 4 is 5.91 Å². The van der Waals surface area contributed by atoms with E-state index in [0.29, 0.717) is 17.2 Å². The molecule has 0 spiro atoms. The second-order valence-electron chi connectivity index (χ2n) is 5.41. The van der Waals surface area contributed by atoms with Crippen LogP contribution < -0.4 is 5.56 Å². The van der Waals surface area contributed by atoms with Crippen molar-refractivity contribution in [3.05, 3.63) is 69.6 Å². The number of likely N-dealkylation sites (N-methyl/N-ethyl adjacent to an activating group) is 1. The summed E-state index contributed by atoms with van der Waals surface area (Å²) in [5.41, 5.74) is -1.44. The molecule has 5 nitrogen and oxygen atoms in total. The molecule has 0 aliphatic heterocycles. The molecule has 1 aromatic carbocycles. The van der Waals surface area contributed by atoms with Crippen LogP contribution in [0.2, 0.25) is 0 Å². The van der Waals surface area contributed by atoms with Crippen molar-refractivity contribution in [3.63, 3.8) is 0 Å². The Hall–Kier alpha value is -3.08. The van der Waals surface area contributed by atoms with Gasteiger partial charge in [-0.25, -0.2) is 0 Å². The quantitative estimate of drug-likeness (QED) is 0.851. The highest BCUT2D eigenvalue weighted by Crippen LogP contribution is 2.25. The molecule has 0 fully saturated rings. The standard InChI is InChI=1S/C17H14F3N3O2/c1-22(10-13-5-2-4-12(8-13)9-21)15(24)11-23-7-3-6-14(16(23)25)17(18,19)20/h2-8H,10-11H2,1H3. The van der Waals surface area contributed by atoms with Crippen molar-refractivity contribution in [1.82, 2.24) is 9.47 Å². The van der Waals surface area contributed by atoms with Gasteiger partial charge in [-0.3, -0.25) is 9.59 Å². The number of nitrogens with zero attached hydrogens (tertiary/aromatic N) is 3. The Morgan fingerprint density at radius 3 is 2.64 bits per heavy atom. The van der Waals surface area contributed by atoms with E-state index in [1.165, 1.54) is 11.9 Å². The molecule has 0 radical (unpaired) electrons. The fourth-order valence-corrected chi connectivity index (χ4v) is 2.24. The average molecular weight is 349 g/mol. The molecule has 2 aromatic rings. The molecule has 1 aromatic heterocycles. The summed E-state index contributed by atoms with van der Waals surface area (Å²) >= 11 is 0. The number of alkyl halides is 3. The summed E-state index contributed by atoms with van der Waals surface area (Å²) in [6.07, 6.45) is -3.63. The van der Waals surface area contributed by atoms with Gasteiger partial charge in [-0.2, -0.15) is 18.4 Å². The monoisotopic (exact) mass is 349 g/mol. The molecule has 25 heavy (non-hydrogen) atoms. The first-order valence-electron chi connectivity index (χ1n) is 7.22. The van der Waals surface area contributed by atoms with Gasteiger partial charge in [-0.1, -0.05) is 12.1 Å². The van der Waals surface area contributed by atoms with Crippen LogP contribution >= 0.6 is 0 Å². The molecule has 1 heterocycles. The van der Waals surface area contributed by atoms with Crippen LogP contribution in [0, 0.1) is 11.3 Å². The molecule has 0 aliphatic rings. The molecule has 0 aliphatic carbocycles. The normalized spacial score (nSPS) is 11.0. The van der Waals surface area contributed by atoms with E-state index in [9.17, 15) is 22.8 Å². The second-order valence-corrected chi connectivity index (χ2v) is 5.41. The van der Waals surface area contributed by atoms with Gasteiger partial charge >= 0.3 is 6.18 Å². The minimum Gasteiger partial charge on any atom is -0.340 e. The number of benzene rings is 1. The average Bonchev–Trinajstić information content (AvgIpc) is 2.55. The van der Waals surface area contributed by atoms with Crippen molar-refractivity contribution < 1.29 is 18.0 Å². The SMILES string of the molecule is CN(Cc1cccc(C#N)c1)C(=O)Cn1cccc(C(F)(F)F)c1=O. The van der Waals surface area contributed by atoms with Crippen molar-refractivity contribution in [2.45, 2.75) is 19.3 Å². The Morgan fingerprint density at radius 2 is 2.00 bits per heavy atom. The topological polar surface area (TPSA) is 66.1 Å². The van der Waals surface area contributed by atoms with E-state index in [1.807, 2.05) is 6.07 Å². The van der Waals surface area contributed by atoms with E-state index >= 15 is 0 Å². The van der Waals surface area contributed by atoms with Crippen LogP contribution in [-0.2, 0) is 24.1 Å². The molecule has 0 unspecified atom stereocenters. The number of aromatic nitrogens is 1. The number of rotatable bonds is 4. The summed E-state index contributed by atoms with van der Waals surface area (Å²) in [5, 5.41) is 8.86. The molecule has 8 heteroatoms. The number of hydrogen-bond donors (Lipinski definition) is 0. The third-order valence-electron chi connectivity index (χ3n) is 3.53. The van der Waals surface area contributed by atoms with Crippen LogP contribution in [0.15, 0.2) is 47.4 Å². The molecule has 0 bridgehead atoms. The zero-order valence-corrected chi connectivity index (χ0v) is 13.2. The molecule has 0 saturated heterocycles. The Balaban J connectivity index is 2.14. The second kappa shape index (κ2) is 7.21. The number of carbonyl (C=O) groups is 1. The molecule has 130 valence electrons. The first kappa shape index (κ1) is 18.3. The van der Waals surface area contributed by atoms with Crippen molar-refractivity contribution in [1.29, 1.82) is 5.26 Å². The number of amides is 1. The van der Waals surface area contributed by atoms with Crippen LogP contribution in [0.4, 0.5) is 13.2 Å². The third-order valence-corrected chi connectivity index (χ3v) is 3.53. The van der Waals surface area contributed by atoms with Gasteiger partial charge in [0, 0.05) is 19.8 Å². The van der Waals surface area contributed by atoms with Gasteiger partial charge in [0.25, 0.3) is 5.56 Å². The minimum atomic E-state index is -4.77. The largest absolute Gasteiger partial charge is 0.421 e. The minimum absolute atomic E-state index is 0.169. The van der Waals surface area contributed by atoms with Gasteiger partial charge in [-0.05, 0) is 29.8 Å². The van der Waals surface area contributed by atoms with E-state index in [-0.39, 0.29) is 6.54 Å². The van der Waals surface area contributed by atoms with Gasteiger partial charge in [-0.15, -0.1) is 0 Å². The molecule has 0 saturated carbocycles. The van der Waals surface area contributed by atoms with Crippen molar-refractivity contribution in [2.75, 3.05) is 7.05 Å². The lowest BCUT2D eigenvalue weighted by Gasteiger charge is -2.18. The number of pyridine rings is 1. The maximum Gasteiger partial charge on any atom is 0.421 e. The lowest BCUT2D eigenvalue weighted by atomic mass is 10.1. The van der Waals surface area contributed by atoms with E-state index in [4.69, 9.17) is 5.26 Å². The first-order valence-corrected chi connectivity index (χ1v) is 7.22. The molecule has 0 atom stereocenters. The predicted molar refractivity (Wildman–Crippen MR) is 83.3 cm³/mol. The Bertz CT molecular complexity index is 882. The fraction of sp³-hybridized carbons (Fsp3) is 0.235. The number of nitriles is 1. The lowest BCUT2D eigenvalue weighted by molar-refractivity contribution is -0.139. The molecule has 0 N–H and O–H groups in total. The van der Waals surface area contributed by atoms with Crippen LogP contribution in [0.25, 0.3) is 0 Å². The highest BCUT2D eigenvalue weighted by Gasteiger charge is 2.34. The van der Waals surface area contributed by atoms with E-state index in [1.54, 1.807) is 24.3 Å². The summed E-state index contributed by atoms with van der Waals surface area (Å²) in [6, 6.07) is 10.4. The van der Waals surface area contributed by atoms with E-state index in [0.717, 1.165) is 16.8 Å². The van der Waals surface area contributed by atoms with E-state index < -0.39 is 29.8 Å². The third kappa shape index (κ3) is 4.47. The number of hydrogen-bond acceptors (Lipinski definition) is 3. The zero-order valence-electron chi connectivity index (χ0n) is 13.2. The maximum atomic E-state index is 12.7. The summed E-state index contributed by atoms with van der Waals surface area (Å²) in [7, 11) is 1.47. The smallest absolute Gasteiger partial charge is 0.340 e. The van der Waals surface area contributed by atoms with Crippen LogP contribution in [0.1, 0.15) is 16.7 Å². The Kier molecular flexibility index (Phi) is 5.27. The number of carbonyl (C=O) groups excluding carboxylic acids is 1.